The highest BCUT2D eigenvalue weighted by atomic mass is 127. The van der Waals surface area contributed by atoms with E-state index in [9.17, 15) is 4.79 Å². The molecule has 0 aliphatic carbocycles. The number of nitrogens with one attached hydrogen (secondary N) is 3. The smallest absolute Gasteiger partial charge is 0.227 e. The summed E-state index contributed by atoms with van der Waals surface area (Å²) in [7, 11) is 1.68. The molecule has 0 bridgehead atoms. The fraction of sp³-hybridized carbons (Fsp3) is 0.357. The molecule has 0 atom stereocenters. The topological polar surface area (TPSA) is 78.4 Å². The first-order chi connectivity index (χ1) is 9.65. The van der Waals surface area contributed by atoms with Crippen LogP contribution in [0.3, 0.4) is 0 Å². The number of aliphatic imine (C=N–C) groups is 1. The third kappa shape index (κ3) is 8.28. The first kappa shape index (κ1) is 19.4. The Bertz CT molecular complexity index is 473. The number of aryl methyl sites for hydroxylation is 1. The Labute approximate surface area is 142 Å². The van der Waals surface area contributed by atoms with Gasteiger partial charge in [-0.25, -0.2) is 4.98 Å². The van der Waals surface area contributed by atoms with E-state index in [0.717, 1.165) is 5.56 Å². The van der Waals surface area contributed by atoms with Crippen molar-refractivity contribution in [2.75, 3.05) is 25.5 Å². The first-order valence-corrected chi connectivity index (χ1v) is 6.43. The molecule has 3 N–H and O–H groups in total. The van der Waals surface area contributed by atoms with Crippen LogP contribution in [0.4, 0.5) is 5.82 Å². The van der Waals surface area contributed by atoms with Crippen LogP contribution in [0.25, 0.3) is 0 Å². The average molecular weight is 403 g/mol. The molecule has 1 aromatic heterocycles. The molecule has 0 aromatic carbocycles. The normalized spacial score (nSPS) is 10.3. The van der Waals surface area contributed by atoms with Crippen molar-refractivity contribution in [3.8, 4) is 0 Å². The molecule has 6 nitrogen and oxygen atoms in total. The van der Waals surface area contributed by atoms with Crippen LogP contribution in [0.1, 0.15) is 12.0 Å². The number of aromatic nitrogens is 1. The van der Waals surface area contributed by atoms with Crippen molar-refractivity contribution in [3.05, 3.63) is 36.5 Å². The fourth-order valence-corrected chi connectivity index (χ4v) is 1.43. The highest BCUT2D eigenvalue weighted by Gasteiger charge is 2.03. The zero-order chi connectivity index (χ0) is 14.8. The summed E-state index contributed by atoms with van der Waals surface area (Å²) in [6.45, 7) is 6.68. The van der Waals surface area contributed by atoms with Gasteiger partial charge in [-0.15, -0.1) is 30.6 Å². The maximum Gasteiger partial charge on any atom is 0.227 e. The molecule has 1 aromatic rings. The highest BCUT2D eigenvalue weighted by molar-refractivity contribution is 14.0. The molecule has 0 radical (unpaired) electrons. The van der Waals surface area contributed by atoms with Crippen molar-refractivity contribution in [2.45, 2.75) is 13.3 Å². The summed E-state index contributed by atoms with van der Waals surface area (Å²) in [5, 5.41) is 8.80. The summed E-state index contributed by atoms with van der Waals surface area (Å²) in [6, 6.07) is 3.69. The molecule has 0 saturated heterocycles. The number of hydrogen-bond donors (Lipinski definition) is 3. The number of hydrogen-bond acceptors (Lipinski definition) is 3. The molecule has 21 heavy (non-hydrogen) atoms. The molecule has 0 saturated carbocycles. The Kier molecular flexibility index (Phi) is 10.2. The number of pyridine rings is 1. The molecule has 116 valence electrons. The van der Waals surface area contributed by atoms with Crippen LogP contribution in [-0.4, -0.2) is 37.0 Å². The minimum atomic E-state index is -0.0898. The lowest BCUT2D eigenvalue weighted by Crippen LogP contribution is -2.38. The maximum absolute atomic E-state index is 11.7. The minimum absolute atomic E-state index is 0. The molecule has 1 rings (SSSR count). The van der Waals surface area contributed by atoms with Gasteiger partial charge in [0, 0.05) is 32.8 Å². The standard InChI is InChI=1S/C14H21N5O.HI/c1-4-8-16-14(15-3)17-9-7-13(20)19-12-6-5-11(2)10-18-12;/h4-6,10H,1,7-9H2,2-3H3,(H2,15,16,17)(H,18,19,20);1H. The molecule has 0 aliphatic rings. The summed E-state index contributed by atoms with van der Waals surface area (Å²) in [4.78, 5) is 19.9. The van der Waals surface area contributed by atoms with Crippen LogP contribution in [-0.2, 0) is 4.79 Å². The van der Waals surface area contributed by atoms with Gasteiger partial charge in [-0.05, 0) is 18.6 Å². The number of nitrogens with zero attached hydrogens (tertiary/aromatic N) is 2. The molecule has 7 heteroatoms. The molecule has 0 unspecified atom stereocenters. The van der Waals surface area contributed by atoms with Crippen molar-refractivity contribution in [1.29, 1.82) is 0 Å². The molecular formula is C14H22IN5O. The van der Waals surface area contributed by atoms with Crippen LogP contribution in [0, 0.1) is 6.92 Å². The van der Waals surface area contributed by atoms with Crippen molar-refractivity contribution in [3.63, 3.8) is 0 Å². The maximum atomic E-state index is 11.7. The van der Waals surface area contributed by atoms with Gasteiger partial charge in [0.05, 0.1) is 0 Å². The summed E-state index contributed by atoms with van der Waals surface area (Å²) in [5.41, 5.74) is 1.06. The van der Waals surface area contributed by atoms with E-state index < -0.39 is 0 Å². The second kappa shape index (κ2) is 11.1. The lowest BCUT2D eigenvalue weighted by atomic mass is 10.3. The number of carbonyl (C=O) groups is 1. The number of halogens is 1. The summed E-state index contributed by atoms with van der Waals surface area (Å²) in [5.74, 6) is 1.12. The van der Waals surface area contributed by atoms with Gasteiger partial charge in [0.15, 0.2) is 5.96 Å². The molecule has 0 fully saturated rings. The number of rotatable bonds is 6. The van der Waals surface area contributed by atoms with Crippen LogP contribution in [0.15, 0.2) is 36.0 Å². The van der Waals surface area contributed by atoms with Gasteiger partial charge in [-0.3, -0.25) is 9.79 Å². The molecule has 0 aliphatic heterocycles. The predicted molar refractivity (Wildman–Crippen MR) is 97.2 cm³/mol. The summed E-state index contributed by atoms with van der Waals surface area (Å²) < 4.78 is 0. The van der Waals surface area contributed by atoms with Gasteiger partial charge in [0.25, 0.3) is 0 Å². The van der Waals surface area contributed by atoms with E-state index in [4.69, 9.17) is 0 Å². The fourth-order valence-electron chi connectivity index (χ4n) is 1.43. The average Bonchev–Trinajstić information content (AvgIpc) is 2.45. The van der Waals surface area contributed by atoms with Gasteiger partial charge in [0.1, 0.15) is 5.82 Å². The zero-order valence-corrected chi connectivity index (χ0v) is 14.7. The minimum Gasteiger partial charge on any atom is -0.356 e. The van der Waals surface area contributed by atoms with Gasteiger partial charge in [-0.2, -0.15) is 0 Å². The van der Waals surface area contributed by atoms with Gasteiger partial charge >= 0.3 is 0 Å². The number of guanidine groups is 1. The number of amides is 1. The van der Waals surface area contributed by atoms with E-state index in [1.54, 1.807) is 25.4 Å². The second-order valence-electron chi connectivity index (χ2n) is 4.19. The van der Waals surface area contributed by atoms with E-state index in [-0.39, 0.29) is 29.9 Å². The van der Waals surface area contributed by atoms with E-state index in [0.29, 0.717) is 31.3 Å². The van der Waals surface area contributed by atoms with Crippen molar-refractivity contribution < 1.29 is 4.79 Å². The zero-order valence-electron chi connectivity index (χ0n) is 12.3. The Morgan fingerprint density at radius 1 is 1.43 bits per heavy atom. The Balaban J connectivity index is 0.00000400. The molecule has 1 amide bonds. The molecule has 1 heterocycles. The Hall–Kier alpha value is -1.64. The Morgan fingerprint density at radius 2 is 2.19 bits per heavy atom. The highest BCUT2D eigenvalue weighted by Crippen LogP contribution is 2.03. The van der Waals surface area contributed by atoms with E-state index in [1.807, 2.05) is 13.0 Å². The monoisotopic (exact) mass is 403 g/mol. The van der Waals surface area contributed by atoms with E-state index >= 15 is 0 Å². The van der Waals surface area contributed by atoms with Crippen LogP contribution >= 0.6 is 24.0 Å². The number of carbonyl (C=O) groups excluding carboxylic acids is 1. The number of anilines is 1. The Morgan fingerprint density at radius 3 is 2.76 bits per heavy atom. The van der Waals surface area contributed by atoms with Crippen molar-refractivity contribution >= 4 is 41.7 Å². The third-order valence-corrected chi connectivity index (χ3v) is 2.46. The second-order valence-corrected chi connectivity index (χ2v) is 4.19. The van der Waals surface area contributed by atoms with E-state index in [2.05, 4.69) is 32.5 Å². The summed E-state index contributed by atoms with van der Waals surface area (Å²) >= 11 is 0. The van der Waals surface area contributed by atoms with Crippen molar-refractivity contribution in [2.24, 2.45) is 4.99 Å². The summed E-state index contributed by atoms with van der Waals surface area (Å²) in [6.07, 6.45) is 3.79. The van der Waals surface area contributed by atoms with Gasteiger partial charge in [0.2, 0.25) is 5.91 Å². The van der Waals surface area contributed by atoms with Crippen LogP contribution in [0.2, 0.25) is 0 Å². The predicted octanol–water partition coefficient (Wildman–Crippen LogP) is 1.69. The SMILES string of the molecule is C=CCNC(=NC)NCCC(=O)Nc1ccc(C)cn1.I. The van der Waals surface area contributed by atoms with Crippen molar-refractivity contribution in [1.82, 2.24) is 15.6 Å². The lowest BCUT2D eigenvalue weighted by Gasteiger charge is -2.10. The quantitative estimate of drug-likeness (QED) is 0.292. The molecular weight excluding hydrogens is 381 g/mol. The lowest BCUT2D eigenvalue weighted by molar-refractivity contribution is -0.116. The third-order valence-electron chi connectivity index (χ3n) is 2.46. The molecule has 0 spiro atoms. The van der Waals surface area contributed by atoms with E-state index in [1.165, 1.54) is 0 Å². The largest absolute Gasteiger partial charge is 0.356 e. The van der Waals surface area contributed by atoms with Gasteiger partial charge in [-0.1, -0.05) is 12.1 Å². The van der Waals surface area contributed by atoms with Crippen LogP contribution < -0.4 is 16.0 Å². The first-order valence-electron chi connectivity index (χ1n) is 6.43. The van der Waals surface area contributed by atoms with Crippen LogP contribution in [0.5, 0.6) is 0 Å². The van der Waals surface area contributed by atoms with Gasteiger partial charge < -0.3 is 16.0 Å².